The van der Waals surface area contributed by atoms with Gasteiger partial charge in [0, 0.05) is 11.8 Å². The molecular formula is C19H21N5O2S. The van der Waals surface area contributed by atoms with E-state index in [2.05, 4.69) is 33.0 Å². The van der Waals surface area contributed by atoms with E-state index in [-0.39, 0.29) is 11.7 Å². The molecule has 27 heavy (non-hydrogen) atoms. The largest absolute Gasteiger partial charge is 0.497 e. The summed E-state index contributed by atoms with van der Waals surface area (Å²) in [4.78, 5) is 12.4. The number of thioether (sulfide) groups is 1. The molecule has 1 aromatic heterocycles. The zero-order valence-electron chi connectivity index (χ0n) is 15.7. The number of tetrazole rings is 1. The van der Waals surface area contributed by atoms with Gasteiger partial charge in [0.05, 0.1) is 18.6 Å². The molecule has 0 saturated carbocycles. The molecule has 0 spiro atoms. The highest BCUT2D eigenvalue weighted by Gasteiger charge is 2.13. The number of aryl methyl sites for hydroxylation is 3. The minimum Gasteiger partial charge on any atom is -0.497 e. The molecule has 0 unspecified atom stereocenters. The smallest absolute Gasteiger partial charge is 0.234 e. The SMILES string of the molecule is COc1cccc(-n2nnnc2SCC(=O)Nc2c(C)cc(C)cc2C)c1. The maximum atomic E-state index is 12.4. The summed E-state index contributed by atoms with van der Waals surface area (Å²) in [5, 5.41) is 15.3. The molecule has 0 aliphatic heterocycles. The lowest BCUT2D eigenvalue weighted by Gasteiger charge is -2.12. The van der Waals surface area contributed by atoms with Crippen LogP contribution in [0.25, 0.3) is 5.69 Å². The van der Waals surface area contributed by atoms with E-state index < -0.39 is 0 Å². The second kappa shape index (κ2) is 8.22. The van der Waals surface area contributed by atoms with Crippen molar-refractivity contribution in [3.63, 3.8) is 0 Å². The molecule has 2 aromatic carbocycles. The molecule has 3 aromatic rings. The maximum Gasteiger partial charge on any atom is 0.234 e. The summed E-state index contributed by atoms with van der Waals surface area (Å²) in [7, 11) is 1.60. The number of ether oxygens (including phenoxy) is 1. The Balaban J connectivity index is 1.69. The second-order valence-electron chi connectivity index (χ2n) is 6.19. The number of anilines is 1. The van der Waals surface area contributed by atoms with Crippen molar-refractivity contribution in [1.29, 1.82) is 0 Å². The average molecular weight is 383 g/mol. The van der Waals surface area contributed by atoms with Gasteiger partial charge in [-0.1, -0.05) is 35.5 Å². The van der Waals surface area contributed by atoms with Gasteiger partial charge < -0.3 is 10.1 Å². The third-order valence-electron chi connectivity index (χ3n) is 4.01. The van der Waals surface area contributed by atoms with Crippen LogP contribution in [0.1, 0.15) is 16.7 Å². The predicted molar refractivity (Wildman–Crippen MR) is 106 cm³/mol. The van der Waals surface area contributed by atoms with Gasteiger partial charge in [0.2, 0.25) is 11.1 Å². The highest BCUT2D eigenvalue weighted by molar-refractivity contribution is 7.99. The summed E-state index contributed by atoms with van der Waals surface area (Å²) in [6, 6.07) is 11.5. The zero-order chi connectivity index (χ0) is 19.4. The Morgan fingerprint density at radius 1 is 1.19 bits per heavy atom. The average Bonchev–Trinajstić information content (AvgIpc) is 3.11. The molecule has 0 aliphatic rings. The van der Waals surface area contributed by atoms with Gasteiger partial charge >= 0.3 is 0 Å². The fourth-order valence-corrected chi connectivity index (χ4v) is 3.55. The molecule has 3 rings (SSSR count). The number of hydrogen-bond acceptors (Lipinski definition) is 6. The van der Waals surface area contributed by atoms with Crippen LogP contribution in [0.15, 0.2) is 41.6 Å². The Kier molecular flexibility index (Phi) is 5.75. The van der Waals surface area contributed by atoms with Crippen LogP contribution in [0, 0.1) is 20.8 Å². The molecule has 1 heterocycles. The monoisotopic (exact) mass is 383 g/mol. The molecule has 1 amide bonds. The Labute approximate surface area is 162 Å². The lowest BCUT2D eigenvalue weighted by atomic mass is 10.1. The number of aromatic nitrogens is 4. The van der Waals surface area contributed by atoms with Crippen molar-refractivity contribution in [3.8, 4) is 11.4 Å². The molecule has 1 N–H and O–H groups in total. The van der Waals surface area contributed by atoms with Crippen LogP contribution in [0.4, 0.5) is 5.69 Å². The van der Waals surface area contributed by atoms with E-state index in [1.54, 1.807) is 11.8 Å². The van der Waals surface area contributed by atoms with Crippen molar-refractivity contribution < 1.29 is 9.53 Å². The normalized spacial score (nSPS) is 10.7. The number of rotatable bonds is 6. The topological polar surface area (TPSA) is 81.9 Å². The first-order chi connectivity index (χ1) is 13.0. The van der Waals surface area contributed by atoms with E-state index in [4.69, 9.17) is 4.74 Å². The summed E-state index contributed by atoms with van der Waals surface area (Å²) in [6.45, 7) is 6.03. The number of nitrogens with one attached hydrogen (secondary N) is 1. The summed E-state index contributed by atoms with van der Waals surface area (Å²) in [6.07, 6.45) is 0. The number of nitrogens with zero attached hydrogens (tertiary/aromatic N) is 4. The van der Waals surface area contributed by atoms with Gasteiger partial charge in [-0.15, -0.1) is 5.10 Å². The van der Waals surface area contributed by atoms with Crippen LogP contribution in [0.3, 0.4) is 0 Å². The van der Waals surface area contributed by atoms with Gasteiger partial charge in [0.25, 0.3) is 0 Å². The van der Waals surface area contributed by atoms with Crippen molar-refractivity contribution in [2.75, 3.05) is 18.2 Å². The van der Waals surface area contributed by atoms with Gasteiger partial charge in [-0.25, -0.2) is 0 Å². The number of benzene rings is 2. The lowest BCUT2D eigenvalue weighted by Crippen LogP contribution is -2.16. The van der Waals surface area contributed by atoms with Gasteiger partial charge in [-0.05, 0) is 54.5 Å². The molecule has 0 atom stereocenters. The van der Waals surface area contributed by atoms with Crippen LogP contribution in [0.2, 0.25) is 0 Å². The number of carbonyl (C=O) groups is 1. The maximum absolute atomic E-state index is 12.4. The fraction of sp³-hybridized carbons (Fsp3) is 0.263. The molecule has 7 nitrogen and oxygen atoms in total. The van der Waals surface area contributed by atoms with Gasteiger partial charge in [0.15, 0.2) is 0 Å². The van der Waals surface area contributed by atoms with Gasteiger partial charge in [0.1, 0.15) is 5.75 Å². The van der Waals surface area contributed by atoms with E-state index >= 15 is 0 Å². The number of amides is 1. The number of hydrogen-bond donors (Lipinski definition) is 1. The van der Waals surface area contributed by atoms with E-state index in [1.165, 1.54) is 17.3 Å². The summed E-state index contributed by atoms with van der Waals surface area (Å²) >= 11 is 1.28. The Hall–Kier alpha value is -2.87. The zero-order valence-corrected chi connectivity index (χ0v) is 16.5. The van der Waals surface area contributed by atoms with Crippen LogP contribution < -0.4 is 10.1 Å². The fourth-order valence-electron chi connectivity index (χ4n) is 2.86. The van der Waals surface area contributed by atoms with Crippen molar-refractivity contribution in [2.24, 2.45) is 0 Å². The van der Waals surface area contributed by atoms with E-state index in [0.29, 0.717) is 10.9 Å². The summed E-state index contributed by atoms with van der Waals surface area (Å²) in [5.74, 6) is 0.814. The van der Waals surface area contributed by atoms with Crippen molar-refractivity contribution in [1.82, 2.24) is 20.2 Å². The standard InChI is InChI=1S/C19H21N5O2S/c1-12-8-13(2)18(14(3)9-12)20-17(25)11-27-19-21-22-23-24(19)15-6-5-7-16(10-15)26-4/h5-10H,11H2,1-4H3,(H,20,25). The first-order valence-electron chi connectivity index (χ1n) is 8.41. The molecule has 0 bridgehead atoms. The van der Waals surface area contributed by atoms with E-state index in [0.717, 1.165) is 22.5 Å². The minimum atomic E-state index is -0.102. The molecule has 0 fully saturated rings. The van der Waals surface area contributed by atoms with E-state index in [9.17, 15) is 4.79 Å². The molecule has 8 heteroatoms. The van der Waals surface area contributed by atoms with Crippen molar-refractivity contribution >= 4 is 23.4 Å². The Morgan fingerprint density at radius 3 is 2.63 bits per heavy atom. The number of methoxy groups -OCH3 is 1. The quantitative estimate of drug-likeness (QED) is 0.658. The van der Waals surface area contributed by atoms with Gasteiger partial charge in [-0.3, -0.25) is 4.79 Å². The summed E-state index contributed by atoms with van der Waals surface area (Å²) < 4.78 is 6.82. The van der Waals surface area contributed by atoms with E-state index in [1.807, 2.05) is 45.0 Å². The van der Waals surface area contributed by atoms with Crippen LogP contribution in [0.5, 0.6) is 5.75 Å². The Bertz CT molecular complexity index is 947. The molecule has 0 saturated heterocycles. The highest BCUT2D eigenvalue weighted by Crippen LogP contribution is 2.24. The van der Waals surface area contributed by atoms with Crippen molar-refractivity contribution in [2.45, 2.75) is 25.9 Å². The first-order valence-corrected chi connectivity index (χ1v) is 9.40. The molecule has 0 aliphatic carbocycles. The molecular weight excluding hydrogens is 362 g/mol. The second-order valence-corrected chi connectivity index (χ2v) is 7.13. The third-order valence-corrected chi connectivity index (χ3v) is 4.93. The van der Waals surface area contributed by atoms with Gasteiger partial charge in [-0.2, -0.15) is 4.68 Å². The van der Waals surface area contributed by atoms with Crippen LogP contribution >= 0.6 is 11.8 Å². The summed E-state index contributed by atoms with van der Waals surface area (Å²) in [5.41, 5.74) is 4.90. The van der Waals surface area contributed by atoms with Crippen LogP contribution in [-0.4, -0.2) is 39.0 Å². The first kappa shape index (κ1) is 18.9. The highest BCUT2D eigenvalue weighted by atomic mass is 32.2. The minimum absolute atomic E-state index is 0.102. The Morgan fingerprint density at radius 2 is 1.93 bits per heavy atom. The molecule has 0 radical (unpaired) electrons. The van der Waals surface area contributed by atoms with Crippen molar-refractivity contribution in [3.05, 3.63) is 53.1 Å². The number of carbonyl (C=O) groups excluding carboxylic acids is 1. The predicted octanol–water partition coefficient (Wildman–Crippen LogP) is 3.33. The third kappa shape index (κ3) is 4.46. The molecule has 140 valence electrons. The van der Waals surface area contributed by atoms with Crippen LogP contribution in [-0.2, 0) is 4.79 Å². The lowest BCUT2D eigenvalue weighted by molar-refractivity contribution is -0.113.